The lowest BCUT2D eigenvalue weighted by atomic mass is 9.97. The highest BCUT2D eigenvalue weighted by molar-refractivity contribution is 7.86. The maximum atomic E-state index is 12.9. The van der Waals surface area contributed by atoms with Crippen molar-refractivity contribution < 1.29 is 8.42 Å². The van der Waals surface area contributed by atoms with Crippen molar-refractivity contribution in [1.82, 2.24) is 28.7 Å². The Morgan fingerprint density at radius 1 is 1.04 bits per heavy atom. The molecule has 0 aliphatic carbocycles. The molecule has 3 aliphatic heterocycles. The molecular formula is C16H28N6O2S. The summed E-state index contributed by atoms with van der Waals surface area (Å²) in [5, 5.41) is 12.0. The number of piperidine rings is 2. The summed E-state index contributed by atoms with van der Waals surface area (Å²) in [4.78, 5) is 0. The fourth-order valence-electron chi connectivity index (χ4n) is 4.28. The van der Waals surface area contributed by atoms with E-state index in [9.17, 15) is 8.42 Å². The van der Waals surface area contributed by atoms with Crippen LogP contribution in [0.1, 0.15) is 50.2 Å². The van der Waals surface area contributed by atoms with Crippen LogP contribution in [-0.4, -0.2) is 64.5 Å². The van der Waals surface area contributed by atoms with Crippen molar-refractivity contribution in [1.29, 1.82) is 0 Å². The fraction of sp³-hybridized carbons (Fsp3) is 0.875. The van der Waals surface area contributed by atoms with Crippen LogP contribution in [0.25, 0.3) is 0 Å². The molecule has 0 radical (unpaired) electrons. The third-order valence-corrected chi connectivity index (χ3v) is 7.74. The van der Waals surface area contributed by atoms with Gasteiger partial charge in [-0.1, -0.05) is 6.92 Å². The Balaban J connectivity index is 1.42. The molecule has 3 aliphatic rings. The van der Waals surface area contributed by atoms with Crippen molar-refractivity contribution >= 4 is 10.2 Å². The molecule has 9 heteroatoms. The van der Waals surface area contributed by atoms with Crippen molar-refractivity contribution in [2.75, 3.05) is 32.7 Å². The molecule has 4 rings (SSSR count). The van der Waals surface area contributed by atoms with E-state index in [-0.39, 0.29) is 0 Å². The smallest absolute Gasteiger partial charge is 0.281 e. The fourth-order valence-corrected chi connectivity index (χ4v) is 6.08. The third kappa shape index (κ3) is 3.34. The van der Waals surface area contributed by atoms with Gasteiger partial charge in [-0.3, -0.25) is 0 Å². The molecule has 1 aromatic heterocycles. The Bertz CT molecular complexity index is 710. The molecule has 0 saturated carbocycles. The maximum Gasteiger partial charge on any atom is 0.281 e. The van der Waals surface area contributed by atoms with Gasteiger partial charge < -0.3 is 9.88 Å². The number of rotatable bonds is 3. The van der Waals surface area contributed by atoms with Crippen LogP contribution < -0.4 is 5.32 Å². The van der Waals surface area contributed by atoms with Crippen LogP contribution in [0, 0.1) is 5.92 Å². The Morgan fingerprint density at radius 2 is 1.84 bits per heavy atom. The summed E-state index contributed by atoms with van der Waals surface area (Å²) >= 11 is 0. The molecule has 4 heterocycles. The first-order valence-corrected chi connectivity index (χ1v) is 10.8. The zero-order valence-corrected chi connectivity index (χ0v) is 15.7. The summed E-state index contributed by atoms with van der Waals surface area (Å²) in [5.41, 5.74) is 0. The van der Waals surface area contributed by atoms with Gasteiger partial charge in [0.15, 0.2) is 0 Å². The van der Waals surface area contributed by atoms with E-state index in [1.54, 1.807) is 8.61 Å². The summed E-state index contributed by atoms with van der Waals surface area (Å²) in [6.45, 7) is 7.24. The van der Waals surface area contributed by atoms with Crippen molar-refractivity contribution in [2.24, 2.45) is 5.92 Å². The average molecular weight is 369 g/mol. The first kappa shape index (κ1) is 17.4. The highest BCUT2D eigenvalue weighted by atomic mass is 32.2. The molecule has 140 valence electrons. The van der Waals surface area contributed by atoms with Gasteiger partial charge in [-0.05, 0) is 31.6 Å². The minimum atomic E-state index is -3.31. The van der Waals surface area contributed by atoms with E-state index in [0.29, 0.717) is 38.0 Å². The number of hydrogen-bond acceptors (Lipinski definition) is 5. The largest absolute Gasteiger partial charge is 0.312 e. The lowest BCUT2D eigenvalue weighted by Gasteiger charge is -2.37. The minimum Gasteiger partial charge on any atom is -0.312 e. The van der Waals surface area contributed by atoms with Crippen molar-refractivity contribution in [3.8, 4) is 0 Å². The van der Waals surface area contributed by atoms with E-state index in [4.69, 9.17) is 0 Å². The average Bonchev–Trinajstić information content (AvgIpc) is 3.06. The molecule has 8 nitrogen and oxygen atoms in total. The summed E-state index contributed by atoms with van der Waals surface area (Å²) < 4.78 is 31.4. The quantitative estimate of drug-likeness (QED) is 0.842. The maximum absolute atomic E-state index is 12.9. The van der Waals surface area contributed by atoms with Gasteiger partial charge in [-0.25, -0.2) is 0 Å². The molecule has 0 aromatic carbocycles. The Labute approximate surface area is 149 Å². The second-order valence-electron chi connectivity index (χ2n) is 7.59. The molecule has 1 atom stereocenters. The number of hydrogen-bond donors (Lipinski definition) is 1. The van der Waals surface area contributed by atoms with Gasteiger partial charge in [0.25, 0.3) is 10.2 Å². The standard InChI is InChI=1S/C16H28N6O2S/c1-13-3-2-7-21(12-13)25(23,24)20-8-4-14(5-9-20)16-19-18-15-11-17-6-10-22(15)16/h13-14,17H,2-12H2,1H3. The van der Waals surface area contributed by atoms with Gasteiger partial charge >= 0.3 is 0 Å². The highest BCUT2D eigenvalue weighted by Gasteiger charge is 2.36. The summed E-state index contributed by atoms with van der Waals surface area (Å²) in [5.74, 6) is 2.81. The van der Waals surface area contributed by atoms with Crippen LogP contribution in [0.3, 0.4) is 0 Å². The molecular weight excluding hydrogens is 340 g/mol. The van der Waals surface area contributed by atoms with E-state index < -0.39 is 10.2 Å². The molecule has 0 amide bonds. The topological polar surface area (TPSA) is 83.4 Å². The van der Waals surface area contributed by atoms with Crippen molar-refractivity contribution in [2.45, 2.75) is 51.6 Å². The number of nitrogens with zero attached hydrogens (tertiary/aromatic N) is 5. The number of aromatic nitrogens is 3. The van der Waals surface area contributed by atoms with E-state index in [2.05, 4.69) is 27.0 Å². The molecule has 0 bridgehead atoms. The molecule has 0 spiro atoms. The minimum absolute atomic E-state index is 0.311. The predicted octanol–water partition coefficient (Wildman–Crippen LogP) is 0.537. The van der Waals surface area contributed by atoms with Crippen LogP contribution in [0.4, 0.5) is 0 Å². The zero-order valence-electron chi connectivity index (χ0n) is 14.9. The van der Waals surface area contributed by atoms with Crippen LogP contribution in [-0.2, 0) is 23.3 Å². The zero-order chi connectivity index (χ0) is 17.4. The second-order valence-corrected chi connectivity index (χ2v) is 9.52. The van der Waals surface area contributed by atoms with Gasteiger partial charge in [-0.15, -0.1) is 10.2 Å². The van der Waals surface area contributed by atoms with Gasteiger partial charge in [0, 0.05) is 45.2 Å². The Kier molecular flexibility index (Phi) is 4.83. The first-order valence-electron chi connectivity index (χ1n) is 9.43. The van der Waals surface area contributed by atoms with Gasteiger partial charge in [0.2, 0.25) is 0 Å². The number of fused-ring (bicyclic) bond motifs is 1. The molecule has 1 aromatic rings. The monoisotopic (exact) mass is 368 g/mol. The third-order valence-electron chi connectivity index (χ3n) is 5.74. The second kappa shape index (κ2) is 6.94. The predicted molar refractivity (Wildman–Crippen MR) is 94.2 cm³/mol. The van der Waals surface area contributed by atoms with Gasteiger partial charge in [0.05, 0.1) is 6.54 Å². The molecule has 1 N–H and O–H groups in total. The number of nitrogens with one attached hydrogen (secondary N) is 1. The van der Waals surface area contributed by atoms with Crippen LogP contribution in [0.2, 0.25) is 0 Å². The Morgan fingerprint density at radius 3 is 2.60 bits per heavy atom. The molecule has 2 fully saturated rings. The normalized spacial score (nSPS) is 27.3. The lowest BCUT2D eigenvalue weighted by Crippen LogP contribution is -2.49. The molecule has 1 unspecified atom stereocenters. The SMILES string of the molecule is CC1CCCN(S(=O)(=O)N2CCC(c3nnc4n3CCNC4)CC2)C1. The molecule has 2 saturated heterocycles. The van der Waals surface area contributed by atoms with Crippen LogP contribution in [0.5, 0.6) is 0 Å². The summed E-state index contributed by atoms with van der Waals surface area (Å²) in [7, 11) is -3.31. The summed E-state index contributed by atoms with van der Waals surface area (Å²) in [6, 6.07) is 0. The van der Waals surface area contributed by atoms with E-state index >= 15 is 0 Å². The van der Waals surface area contributed by atoms with E-state index in [1.807, 2.05) is 0 Å². The van der Waals surface area contributed by atoms with E-state index in [0.717, 1.165) is 57.0 Å². The molecule has 25 heavy (non-hydrogen) atoms. The van der Waals surface area contributed by atoms with Crippen molar-refractivity contribution in [3.63, 3.8) is 0 Å². The van der Waals surface area contributed by atoms with Crippen LogP contribution in [0.15, 0.2) is 0 Å². The van der Waals surface area contributed by atoms with Gasteiger partial charge in [-0.2, -0.15) is 17.0 Å². The van der Waals surface area contributed by atoms with Crippen LogP contribution >= 0.6 is 0 Å². The lowest BCUT2D eigenvalue weighted by molar-refractivity contribution is 0.239. The van der Waals surface area contributed by atoms with Gasteiger partial charge in [0.1, 0.15) is 11.6 Å². The first-order chi connectivity index (χ1) is 12.1. The summed E-state index contributed by atoms with van der Waals surface area (Å²) in [6.07, 6.45) is 3.75. The van der Waals surface area contributed by atoms with Crippen molar-refractivity contribution in [3.05, 3.63) is 11.6 Å². The van der Waals surface area contributed by atoms with E-state index in [1.165, 1.54) is 0 Å². The Hall–Kier alpha value is -1.03. The highest BCUT2D eigenvalue weighted by Crippen LogP contribution is 2.30.